The molecular formula is C8H16N4O4. The minimum atomic E-state index is -0.905. The van der Waals surface area contributed by atoms with Gasteiger partial charge in [0.15, 0.2) is 5.84 Å². The van der Waals surface area contributed by atoms with E-state index in [0.29, 0.717) is 6.42 Å². The summed E-state index contributed by atoms with van der Waals surface area (Å²) in [6.07, 6.45) is -0.504. The van der Waals surface area contributed by atoms with E-state index < -0.39 is 17.9 Å². The Morgan fingerprint density at radius 1 is 1.50 bits per heavy atom. The molecular weight excluding hydrogens is 216 g/mol. The van der Waals surface area contributed by atoms with Crippen LogP contribution in [0.15, 0.2) is 5.16 Å². The van der Waals surface area contributed by atoms with Gasteiger partial charge in [0.1, 0.15) is 6.61 Å². The van der Waals surface area contributed by atoms with E-state index in [4.69, 9.17) is 16.7 Å². The van der Waals surface area contributed by atoms with Crippen LogP contribution in [0.3, 0.4) is 0 Å². The van der Waals surface area contributed by atoms with Crippen molar-refractivity contribution in [2.24, 2.45) is 22.5 Å². The number of hydrogen-bond donors (Lipinski definition) is 4. The molecule has 92 valence electrons. The Morgan fingerprint density at radius 3 is 2.56 bits per heavy atom. The normalized spacial score (nSPS) is 12.9. The number of hydrogen-bond acceptors (Lipinski definition) is 5. The van der Waals surface area contributed by atoms with Crippen LogP contribution in [0, 0.1) is 5.92 Å². The standard InChI is InChI=1S/C8H16N4O4/c1-2-5(6(9)12-15)7(13)11-3-4-16-8(10)14/h5,15H,2-4H2,1H3,(H2,9,12)(H2,10,14)(H,11,13). The fourth-order valence-electron chi connectivity index (χ4n) is 1.05. The zero-order valence-electron chi connectivity index (χ0n) is 8.97. The molecule has 0 aromatic rings. The van der Waals surface area contributed by atoms with Crippen LogP contribution in [-0.4, -0.2) is 36.2 Å². The van der Waals surface area contributed by atoms with Gasteiger partial charge >= 0.3 is 6.09 Å². The van der Waals surface area contributed by atoms with Crippen molar-refractivity contribution in [3.63, 3.8) is 0 Å². The first kappa shape index (κ1) is 14.0. The SMILES string of the molecule is CCC(C(=O)NCCOC(N)=O)C(N)=NO. The van der Waals surface area contributed by atoms with E-state index in [1.807, 2.05) is 0 Å². The number of oxime groups is 1. The van der Waals surface area contributed by atoms with Crippen LogP contribution in [0.1, 0.15) is 13.3 Å². The Balaban J connectivity index is 3.99. The Morgan fingerprint density at radius 2 is 2.12 bits per heavy atom. The maximum atomic E-state index is 11.5. The van der Waals surface area contributed by atoms with E-state index in [0.717, 1.165) is 0 Å². The molecule has 8 heteroatoms. The van der Waals surface area contributed by atoms with Crippen LogP contribution in [-0.2, 0) is 9.53 Å². The highest BCUT2D eigenvalue weighted by molar-refractivity contribution is 6.01. The molecule has 0 radical (unpaired) electrons. The predicted octanol–water partition coefficient (Wildman–Crippen LogP) is -1.03. The molecule has 0 aliphatic carbocycles. The molecule has 2 amide bonds. The molecule has 6 N–H and O–H groups in total. The van der Waals surface area contributed by atoms with E-state index in [2.05, 4.69) is 15.2 Å². The first-order valence-corrected chi connectivity index (χ1v) is 4.70. The monoisotopic (exact) mass is 232 g/mol. The summed E-state index contributed by atoms with van der Waals surface area (Å²) in [4.78, 5) is 21.7. The fraction of sp³-hybridized carbons (Fsp3) is 0.625. The highest BCUT2D eigenvalue weighted by Crippen LogP contribution is 2.02. The van der Waals surface area contributed by atoms with Gasteiger partial charge in [0, 0.05) is 0 Å². The van der Waals surface area contributed by atoms with Crippen molar-refractivity contribution in [3.8, 4) is 0 Å². The molecule has 0 aliphatic rings. The first-order valence-electron chi connectivity index (χ1n) is 4.70. The lowest BCUT2D eigenvalue weighted by molar-refractivity contribution is -0.123. The Labute approximate surface area is 92.6 Å². The Bertz CT molecular complexity index is 279. The largest absolute Gasteiger partial charge is 0.448 e. The molecule has 0 spiro atoms. The van der Waals surface area contributed by atoms with E-state index >= 15 is 0 Å². The summed E-state index contributed by atoms with van der Waals surface area (Å²) in [6, 6.07) is 0. The van der Waals surface area contributed by atoms with Crippen LogP contribution in [0.4, 0.5) is 4.79 Å². The van der Waals surface area contributed by atoms with Gasteiger partial charge in [-0.25, -0.2) is 4.79 Å². The topological polar surface area (TPSA) is 140 Å². The van der Waals surface area contributed by atoms with Gasteiger partial charge in [-0.05, 0) is 6.42 Å². The lowest BCUT2D eigenvalue weighted by atomic mass is 10.1. The van der Waals surface area contributed by atoms with Gasteiger partial charge in [0.05, 0.1) is 12.5 Å². The molecule has 8 nitrogen and oxygen atoms in total. The van der Waals surface area contributed by atoms with Crippen molar-refractivity contribution < 1.29 is 19.5 Å². The molecule has 16 heavy (non-hydrogen) atoms. The van der Waals surface area contributed by atoms with Crippen molar-refractivity contribution in [3.05, 3.63) is 0 Å². The third kappa shape index (κ3) is 5.03. The number of carbonyl (C=O) groups excluding carboxylic acids is 2. The van der Waals surface area contributed by atoms with Gasteiger partial charge in [-0.15, -0.1) is 0 Å². The Kier molecular flexibility index (Phi) is 6.41. The minimum Gasteiger partial charge on any atom is -0.448 e. The Hall–Kier alpha value is -1.99. The molecule has 0 aromatic heterocycles. The average Bonchev–Trinajstić information content (AvgIpc) is 2.24. The lowest BCUT2D eigenvalue weighted by Crippen LogP contribution is -2.40. The maximum Gasteiger partial charge on any atom is 0.404 e. The second-order valence-electron chi connectivity index (χ2n) is 2.94. The summed E-state index contributed by atoms with van der Waals surface area (Å²) in [5, 5.41) is 13.7. The van der Waals surface area contributed by atoms with Crippen molar-refractivity contribution in [1.29, 1.82) is 0 Å². The average molecular weight is 232 g/mol. The number of carbonyl (C=O) groups is 2. The van der Waals surface area contributed by atoms with Crippen LogP contribution < -0.4 is 16.8 Å². The second kappa shape index (κ2) is 7.32. The molecule has 0 saturated heterocycles. The van der Waals surface area contributed by atoms with E-state index in [1.165, 1.54) is 0 Å². The molecule has 0 aromatic carbocycles. The van der Waals surface area contributed by atoms with E-state index in [9.17, 15) is 9.59 Å². The van der Waals surface area contributed by atoms with Gasteiger partial charge in [0.25, 0.3) is 0 Å². The van der Waals surface area contributed by atoms with Crippen LogP contribution in [0.5, 0.6) is 0 Å². The summed E-state index contributed by atoms with van der Waals surface area (Å²) in [5.41, 5.74) is 10.0. The fourth-order valence-corrected chi connectivity index (χ4v) is 1.05. The summed E-state index contributed by atoms with van der Waals surface area (Å²) >= 11 is 0. The summed E-state index contributed by atoms with van der Waals surface area (Å²) in [6.45, 7) is 1.83. The van der Waals surface area contributed by atoms with Gasteiger partial charge in [0.2, 0.25) is 5.91 Å². The second-order valence-corrected chi connectivity index (χ2v) is 2.94. The number of nitrogens with two attached hydrogens (primary N) is 2. The quantitative estimate of drug-likeness (QED) is 0.152. The number of amidine groups is 1. The third-order valence-corrected chi connectivity index (χ3v) is 1.84. The van der Waals surface area contributed by atoms with Crippen LogP contribution in [0.25, 0.3) is 0 Å². The smallest absolute Gasteiger partial charge is 0.404 e. The van der Waals surface area contributed by atoms with Gasteiger partial charge < -0.3 is 26.7 Å². The summed E-state index contributed by atoms with van der Waals surface area (Å²) < 4.78 is 4.41. The van der Waals surface area contributed by atoms with Gasteiger partial charge in [-0.2, -0.15) is 0 Å². The third-order valence-electron chi connectivity index (χ3n) is 1.84. The highest BCUT2D eigenvalue weighted by Gasteiger charge is 2.20. The number of rotatable bonds is 6. The number of amides is 2. The van der Waals surface area contributed by atoms with Gasteiger partial charge in [-0.3, -0.25) is 4.79 Å². The van der Waals surface area contributed by atoms with Crippen molar-refractivity contribution in [2.75, 3.05) is 13.2 Å². The molecule has 0 rings (SSSR count). The zero-order chi connectivity index (χ0) is 12.6. The van der Waals surface area contributed by atoms with Crippen LogP contribution >= 0.6 is 0 Å². The number of primary amides is 1. The molecule has 0 bridgehead atoms. The number of ether oxygens (including phenoxy) is 1. The predicted molar refractivity (Wildman–Crippen MR) is 55.7 cm³/mol. The highest BCUT2D eigenvalue weighted by atomic mass is 16.5. The number of nitrogens with zero attached hydrogens (tertiary/aromatic N) is 1. The minimum absolute atomic E-state index is 0.0202. The zero-order valence-corrected chi connectivity index (χ0v) is 8.97. The molecule has 0 aliphatic heterocycles. The van der Waals surface area contributed by atoms with E-state index in [1.54, 1.807) is 6.92 Å². The molecule has 0 fully saturated rings. The molecule has 1 unspecified atom stereocenters. The van der Waals surface area contributed by atoms with Gasteiger partial charge in [-0.1, -0.05) is 12.1 Å². The molecule has 0 saturated carbocycles. The lowest BCUT2D eigenvalue weighted by Gasteiger charge is -2.12. The first-order chi connectivity index (χ1) is 7.52. The maximum absolute atomic E-state index is 11.5. The molecule has 1 atom stereocenters. The van der Waals surface area contributed by atoms with Crippen molar-refractivity contribution >= 4 is 17.8 Å². The summed E-state index contributed by atoms with van der Waals surface area (Å²) in [5.74, 6) is -1.25. The van der Waals surface area contributed by atoms with E-state index in [-0.39, 0.29) is 19.0 Å². The summed E-state index contributed by atoms with van der Waals surface area (Å²) in [7, 11) is 0. The van der Waals surface area contributed by atoms with Crippen molar-refractivity contribution in [1.82, 2.24) is 5.32 Å². The van der Waals surface area contributed by atoms with Crippen LogP contribution in [0.2, 0.25) is 0 Å². The van der Waals surface area contributed by atoms with Crippen molar-refractivity contribution in [2.45, 2.75) is 13.3 Å². The molecule has 0 heterocycles. The number of nitrogens with one attached hydrogen (secondary N) is 1.